The highest BCUT2D eigenvalue weighted by Gasteiger charge is 2.63. The van der Waals surface area contributed by atoms with Gasteiger partial charge in [0.1, 0.15) is 6.04 Å². The Bertz CT molecular complexity index is 1340. The van der Waals surface area contributed by atoms with Crippen molar-refractivity contribution < 1.29 is 22.5 Å². The molecule has 2 fully saturated rings. The first-order valence-corrected chi connectivity index (χ1v) is 15.3. The summed E-state index contributed by atoms with van der Waals surface area (Å²) in [4.78, 5) is 28.4. The minimum absolute atomic E-state index is 0.124. The number of nitrogens with one attached hydrogen (secondary N) is 1. The van der Waals surface area contributed by atoms with E-state index in [-0.39, 0.29) is 22.7 Å². The fourth-order valence-corrected chi connectivity index (χ4v) is 7.97. The monoisotopic (exact) mass is 577 g/mol. The van der Waals surface area contributed by atoms with Crippen molar-refractivity contribution in [1.29, 1.82) is 0 Å². The first kappa shape index (κ1) is 28.8. The number of likely N-dealkylation sites (tertiary alicyclic amines) is 1. The zero-order valence-electron chi connectivity index (χ0n) is 22.0. The number of allylic oxidation sites excluding steroid dienone is 1. The first-order chi connectivity index (χ1) is 17.9. The maximum atomic E-state index is 14.6. The predicted molar refractivity (Wildman–Crippen MR) is 151 cm³/mol. The molecule has 0 spiro atoms. The van der Waals surface area contributed by atoms with Crippen LogP contribution < -0.4 is 4.72 Å². The van der Waals surface area contributed by atoms with E-state index in [1.165, 1.54) is 0 Å². The minimum atomic E-state index is -3.79. The normalized spacial score (nSPS) is 28.5. The minimum Gasteiger partial charge on any atom is -0.267 e. The Labute approximate surface area is 235 Å². The number of carbonyl (C=O) groups is 2. The molecule has 2 aromatic carbocycles. The summed E-state index contributed by atoms with van der Waals surface area (Å²) in [5, 5.41) is 0.582. The predicted octanol–water partition coefficient (Wildman–Crippen LogP) is 6.16. The lowest BCUT2D eigenvalue weighted by Gasteiger charge is -2.54. The SMILES string of the molecule is C=CC[C@@]1(C)C[C@H](c2cccc(Cl)c2)[C@@H](c2ccc(Cl)cc2)[N+](C)(C(CC)C(=O)NS(=O)(=O)C2CC2)C1=O. The van der Waals surface area contributed by atoms with E-state index in [9.17, 15) is 18.0 Å². The average molecular weight is 579 g/mol. The summed E-state index contributed by atoms with van der Waals surface area (Å²) in [7, 11) is -2.02. The molecule has 2 aromatic rings. The average Bonchev–Trinajstić information content (AvgIpc) is 3.70. The van der Waals surface area contributed by atoms with Crippen LogP contribution in [0, 0.1) is 5.41 Å². The number of benzene rings is 2. The Morgan fingerprint density at radius 1 is 1.16 bits per heavy atom. The molecule has 2 aliphatic rings. The molecule has 1 saturated carbocycles. The molecule has 1 N–H and O–H groups in total. The van der Waals surface area contributed by atoms with E-state index in [2.05, 4.69) is 11.3 Å². The third-order valence-corrected chi connectivity index (χ3v) is 10.5. The van der Waals surface area contributed by atoms with Crippen molar-refractivity contribution in [2.75, 3.05) is 7.05 Å². The standard InChI is InChI=1S/C29H34Cl2N2O4S/c1-5-16-29(3)18-24(20-8-7-9-22(31)17-20)26(19-10-12-21(30)13-11-19)33(4,28(29)35)25(6-2)27(34)32-38(36,37)23-14-15-23/h5,7-13,17,23-26H,1,6,14-16,18H2,2-4H3/p+1/t24-,25?,26-,29+,33?/m1/s1. The van der Waals surface area contributed by atoms with Gasteiger partial charge < -0.3 is 0 Å². The number of nitrogens with zero attached hydrogens (tertiary/aromatic N) is 1. The molecule has 5 atom stereocenters. The molecule has 9 heteroatoms. The van der Waals surface area contributed by atoms with Crippen LogP contribution in [0.2, 0.25) is 10.0 Å². The van der Waals surface area contributed by atoms with Crippen LogP contribution in [-0.4, -0.2) is 43.1 Å². The smallest absolute Gasteiger partial charge is 0.267 e. The molecule has 1 aliphatic carbocycles. The highest BCUT2D eigenvalue weighted by atomic mass is 35.5. The largest absolute Gasteiger partial charge is 0.320 e. The van der Waals surface area contributed by atoms with E-state index in [1.54, 1.807) is 31.3 Å². The number of hydrogen-bond acceptors (Lipinski definition) is 4. The zero-order valence-corrected chi connectivity index (χ0v) is 24.3. The van der Waals surface area contributed by atoms with E-state index in [0.29, 0.717) is 35.7 Å². The van der Waals surface area contributed by atoms with Crippen molar-refractivity contribution in [2.24, 2.45) is 5.41 Å². The summed E-state index contributed by atoms with van der Waals surface area (Å²) in [6, 6.07) is 13.5. The number of rotatable bonds is 9. The molecule has 1 saturated heterocycles. The Hall–Kier alpha value is -2.19. The van der Waals surface area contributed by atoms with Gasteiger partial charge in [-0.05, 0) is 62.4 Å². The van der Waals surface area contributed by atoms with Crippen molar-refractivity contribution in [2.45, 2.75) is 69.2 Å². The van der Waals surface area contributed by atoms with Crippen LogP contribution in [0.25, 0.3) is 0 Å². The van der Waals surface area contributed by atoms with Crippen molar-refractivity contribution >= 4 is 45.0 Å². The van der Waals surface area contributed by atoms with Crippen LogP contribution in [0.1, 0.15) is 69.0 Å². The second kappa shape index (κ2) is 10.8. The first-order valence-electron chi connectivity index (χ1n) is 13.0. The van der Waals surface area contributed by atoms with Crippen LogP contribution >= 0.6 is 23.2 Å². The van der Waals surface area contributed by atoms with E-state index in [1.807, 2.05) is 44.2 Å². The Kier molecular flexibility index (Phi) is 8.16. The number of likely N-dealkylation sites (N-methyl/N-ethyl adjacent to an activating group) is 1. The molecular weight excluding hydrogens is 543 g/mol. The van der Waals surface area contributed by atoms with Gasteiger partial charge in [-0.15, -0.1) is 6.58 Å². The lowest BCUT2D eigenvalue weighted by atomic mass is 9.65. The van der Waals surface area contributed by atoms with Gasteiger partial charge in [0.15, 0.2) is 6.04 Å². The number of quaternary nitrogens is 1. The topological polar surface area (TPSA) is 80.3 Å². The van der Waals surface area contributed by atoms with Crippen LogP contribution in [0.3, 0.4) is 0 Å². The number of sulfonamides is 1. The summed E-state index contributed by atoms with van der Waals surface area (Å²) >= 11 is 12.7. The molecular formula is C29H35Cl2N2O4S+. The molecule has 2 unspecified atom stereocenters. The molecule has 6 nitrogen and oxygen atoms in total. The Morgan fingerprint density at radius 3 is 2.37 bits per heavy atom. The highest BCUT2D eigenvalue weighted by molar-refractivity contribution is 7.90. The number of carbonyl (C=O) groups excluding carboxylic acids is 2. The molecule has 38 heavy (non-hydrogen) atoms. The van der Waals surface area contributed by atoms with Gasteiger partial charge in [-0.1, -0.05) is 60.5 Å². The molecule has 1 heterocycles. The Balaban J connectivity index is 1.93. The molecule has 1 aliphatic heterocycles. The summed E-state index contributed by atoms with van der Waals surface area (Å²) < 4.78 is 27.6. The summed E-state index contributed by atoms with van der Waals surface area (Å²) in [6.45, 7) is 7.63. The third kappa shape index (κ3) is 5.31. The van der Waals surface area contributed by atoms with Crippen LogP contribution in [0.4, 0.5) is 0 Å². The lowest BCUT2D eigenvalue weighted by Crippen LogP contribution is -2.69. The van der Waals surface area contributed by atoms with Crippen molar-refractivity contribution in [3.05, 3.63) is 82.4 Å². The maximum absolute atomic E-state index is 14.6. The number of piperidine rings is 1. The van der Waals surface area contributed by atoms with Gasteiger partial charge in [-0.25, -0.2) is 22.4 Å². The van der Waals surface area contributed by atoms with Crippen molar-refractivity contribution in [3.8, 4) is 0 Å². The number of hydrogen-bond donors (Lipinski definition) is 1. The van der Waals surface area contributed by atoms with Crippen LogP contribution in [0.15, 0.2) is 61.2 Å². The molecule has 204 valence electrons. The molecule has 0 bridgehead atoms. The van der Waals surface area contributed by atoms with E-state index in [4.69, 9.17) is 23.2 Å². The third-order valence-electron chi connectivity index (χ3n) is 8.21. The lowest BCUT2D eigenvalue weighted by molar-refractivity contribution is -0.891. The number of halogens is 2. The fourth-order valence-electron chi connectivity index (χ4n) is 6.31. The van der Waals surface area contributed by atoms with Crippen molar-refractivity contribution in [1.82, 2.24) is 4.72 Å². The van der Waals surface area contributed by atoms with Gasteiger partial charge >= 0.3 is 5.91 Å². The zero-order chi connectivity index (χ0) is 27.9. The molecule has 0 aromatic heterocycles. The van der Waals surface area contributed by atoms with E-state index >= 15 is 0 Å². The van der Waals surface area contributed by atoms with Crippen molar-refractivity contribution in [3.63, 3.8) is 0 Å². The van der Waals surface area contributed by atoms with Gasteiger partial charge in [0.25, 0.3) is 5.91 Å². The van der Waals surface area contributed by atoms with Gasteiger partial charge in [-0.2, -0.15) is 0 Å². The Morgan fingerprint density at radius 2 is 1.82 bits per heavy atom. The van der Waals surface area contributed by atoms with E-state index in [0.717, 1.165) is 11.1 Å². The van der Waals surface area contributed by atoms with Crippen LogP contribution in [0.5, 0.6) is 0 Å². The highest BCUT2D eigenvalue weighted by Crippen LogP contribution is 2.55. The van der Waals surface area contributed by atoms with Crippen LogP contribution in [-0.2, 0) is 19.6 Å². The van der Waals surface area contributed by atoms with Gasteiger partial charge in [0.2, 0.25) is 10.0 Å². The summed E-state index contributed by atoms with van der Waals surface area (Å²) in [5.41, 5.74) is 0.952. The fraction of sp³-hybridized carbons (Fsp3) is 0.448. The second-order valence-corrected chi connectivity index (χ2v) is 13.8. The quantitative estimate of drug-likeness (QED) is 0.285. The molecule has 4 rings (SSSR count). The maximum Gasteiger partial charge on any atom is 0.320 e. The second-order valence-electron chi connectivity index (χ2n) is 11.0. The molecule has 2 amide bonds. The van der Waals surface area contributed by atoms with E-state index < -0.39 is 38.7 Å². The van der Waals surface area contributed by atoms with Gasteiger partial charge in [-0.3, -0.25) is 4.79 Å². The summed E-state index contributed by atoms with van der Waals surface area (Å²) in [6.07, 6.45) is 4.00. The number of amides is 2. The van der Waals surface area contributed by atoms with Gasteiger partial charge in [0, 0.05) is 27.9 Å². The summed E-state index contributed by atoms with van der Waals surface area (Å²) in [5.74, 6) is -0.979. The molecule has 0 radical (unpaired) electrons. The van der Waals surface area contributed by atoms with Gasteiger partial charge in [0.05, 0.1) is 17.7 Å².